The van der Waals surface area contributed by atoms with Gasteiger partial charge in [-0.05, 0) is 48.4 Å². The molecule has 0 spiro atoms. The van der Waals surface area contributed by atoms with Gasteiger partial charge in [-0.3, -0.25) is 0 Å². The number of halogens is 1. The average Bonchev–Trinajstić information content (AvgIpc) is 2.78. The maximum atomic E-state index is 9.83. The zero-order valence-electron chi connectivity index (χ0n) is 17.3. The predicted octanol–water partition coefficient (Wildman–Crippen LogP) is 5.24. The van der Waals surface area contributed by atoms with Crippen LogP contribution in [0.5, 0.6) is 23.0 Å². The fraction of sp³-hybridized carbons (Fsp3) is 0.160. The highest BCUT2D eigenvalue weighted by Crippen LogP contribution is 2.45. The molecule has 4 rings (SSSR count). The number of nitrogens with zero attached hydrogens (tertiary/aromatic N) is 1. The number of hydrogen-bond donors (Lipinski definition) is 2. The Morgan fingerprint density at radius 3 is 2.56 bits per heavy atom. The zero-order chi connectivity index (χ0) is 22.7. The molecule has 3 N–H and O–H groups in total. The van der Waals surface area contributed by atoms with Gasteiger partial charge in [0.05, 0.1) is 12.5 Å². The van der Waals surface area contributed by atoms with Crippen LogP contribution in [0.2, 0.25) is 5.02 Å². The van der Waals surface area contributed by atoms with Crippen molar-refractivity contribution < 1.29 is 19.3 Å². The molecule has 0 saturated carbocycles. The van der Waals surface area contributed by atoms with Crippen molar-refractivity contribution in [2.24, 2.45) is 5.73 Å². The number of fused-ring (bicyclic) bond motifs is 1. The summed E-state index contributed by atoms with van der Waals surface area (Å²) < 4.78 is 17.4. The topological polar surface area (TPSA) is 97.7 Å². The number of aromatic hydroxyl groups is 1. The quantitative estimate of drug-likeness (QED) is 0.535. The number of allylic oxidation sites excluding steroid dienone is 1. The maximum Gasteiger partial charge on any atom is 0.205 e. The number of rotatable bonds is 6. The highest BCUT2D eigenvalue weighted by molar-refractivity contribution is 6.30. The van der Waals surface area contributed by atoms with Gasteiger partial charge in [0.2, 0.25) is 5.88 Å². The standard InChI is InChI=1S/C25H21ClN2O4/c1-2-30-23-11-16(5-10-21(23)31-14-15-3-6-17(26)7-4-15)24-19-9-8-18(29)12-22(19)32-25(28)20(24)13-27/h3-12,24,29H,2,14,28H2,1H3/t24-/m0/s1. The number of phenolic OH excluding ortho intramolecular Hbond substituents is 1. The molecule has 0 aliphatic carbocycles. The van der Waals surface area contributed by atoms with E-state index in [-0.39, 0.29) is 11.6 Å². The Balaban J connectivity index is 1.70. The molecule has 3 aromatic carbocycles. The molecule has 1 heterocycles. The summed E-state index contributed by atoms with van der Waals surface area (Å²) in [4.78, 5) is 0. The molecule has 0 amide bonds. The van der Waals surface area contributed by atoms with Crippen molar-refractivity contribution in [2.75, 3.05) is 6.61 Å². The van der Waals surface area contributed by atoms with Gasteiger partial charge in [-0.15, -0.1) is 0 Å². The number of ether oxygens (including phenoxy) is 3. The Labute approximate surface area is 191 Å². The molecule has 7 heteroatoms. The number of benzene rings is 3. The normalized spacial score (nSPS) is 14.8. The van der Waals surface area contributed by atoms with Crippen molar-refractivity contribution in [1.29, 1.82) is 5.26 Å². The minimum Gasteiger partial charge on any atom is -0.508 e. The van der Waals surface area contributed by atoms with Gasteiger partial charge in [-0.1, -0.05) is 35.9 Å². The molecule has 0 radical (unpaired) electrons. The molecule has 162 valence electrons. The number of nitrogens with two attached hydrogens (primary N) is 1. The summed E-state index contributed by atoms with van der Waals surface area (Å²) in [5.41, 5.74) is 8.81. The van der Waals surface area contributed by atoms with Gasteiger partial charge in [0.1, 0.15) is 29.7 Å². The fourth-order valence-electron chi connectivity index (χ4n) is 3.62. The molecule has 0 unspecified atom stereocenters. The van der Waals surface area contributed by atoms with E-state index in [2.05, 4.69) is 6.07 Å². The second-order valence-corrected chi connectivity index (χ2v) is 7.64. The summed E-state index contributed by atoms with van der Waals surface area (Å²) in [6, 6.07) is 19.9. The van der Waals surface area contributed by atoms with E-state index in [0.717, 1.165) is 16.7 Å². The van der Waals surface area contributed by atoms with Crippen molar-refractivity contribution in [3.05, 3.63) is 93.8 Å². The molecule has 1 aliphatic heterocycles. The SMILES string of the molecule is CCOc1cc([C@@H]2C(C#N)=C(N)Oc3cc(O)ccc32)ccc1OCc1ccc(Cl)cc1. The van der Waals surface area contributed by atoms with E-state index in [1.54, 1.807) is 12.1 Å². The lowest BCUT2D eigenvalue weighted by Gasteiger charge is -2.27. The van der Waals surface area contributed by atoms with E-state index in [0.29, 0.717) is 41.1 Å². The summed E-state index contributed by atoms with van der Waals surface area (Å²) in [5.74, 6) is 1.15. The van der Waals surface area contributed by atoms with Crippen molar-refractivity contribution >= 4 is 11.6 Å². The molecule has 0 bridgehead atoms. The van der Waals surface area contributed by atoms with E-state index < -0.39 is 5.92 Å². The highest BCUT2D eigenvalue weighted by Gasteiger charge is 2.31. The van der Waals surface area contributed by atoms with Gasteiger partial charge in [-0.25, -0.2) is 0 Å². The smallest absolute Gasteiger partial charge is 0.205 e. The van der Waals surface area contributed by atoms with Crippen molar-refractivity contribution in [1.82, 2.24) is 0 Å². The summed E-state index contributed by atoms with van der Waals surface area (Å²) in [7, 11) is 0. The molecule has 1 atom stereocenters. The number of hydrogen-bond acceptors (Lipinski definition) is 6. The third-order valence-corrected chi connectivity index (χ3v) is 5.36. The zero-order valence-corrected chi connectivity index (χ0v) is 18.1. The van der Waals surface area contributed by atoms with Crippen LogP contribution in [-0.2, 0) is 6.61 Å². The van der Waals surface area contributed by atoms with Crippen LogP contribution in [0.15, 0.2) is 72.1 Å². The molecule has 0 fully saturated rings. The summed E-state index contributed by atoms with van der Waals surface area (Å²) >= 11 is 5.95. The monoisotopic (exact) mass is 448 g/mol. The molecule has 0 aromatic heterocycles. The lowest BCUT2D eigenvalue weighted by molar-refractivity contribution is 0.269. The molecule has 0 saturated heterocycles. The highest BCUT2D eigenvalue weighted by atomic mass is 35.5. The van der Waals surface area contributed by atoms with Gasteiger partial charge >= 0.3 is 0 Å². The van der Waals surface area contributed by atoms with Gasteiger partial charge in [0.15, 0.2) is 11.5 Å². The van der Waals surface area contributed by atoms with E-state index in [1.165, 1.54) is 6.07 Å². The fourth-order valence-corrected chi connectivity index (χ4v) is 3.75. The molecule has 3 aromatic rings. The minimum atomic E-state index is -0.464. The van der Waals surface area contributed by atoms with Crippen molar-refractivity contribution in [3.8, 4) is 29.1 Å². The Kier molecular flexibility index (Phi) is 6.11. The van der Waals surface area contributed by atoms with Gasteiger partial charge in [0, 0.05) is 16.7 Å². The predicted molar refractivity (Wildman–Crippen MR) is 121 cm³/mol. The summed E-state index contributed by atoms with van der Waals surface area (Å²) in [6.07, 6.45) is 0. The molecule has 1 aliphatic rings. The van der Waals surface area contributed by atoms with Crippen LogP contribution in [0.25, 0.3) is 0 Å². The molecular formula is C25H21ClN2O4. The first-order valence-corrected chi connectivity index (χ1v) is 10.4. The lowest BCUT2D eigenvalue weighted by atomic mass is 9.83. The average molecular weight is 449 g/mol. The summed E-state index contributed by atoms with van der Waals surface area (Å²) in [5, 5.41) is 20.2. The Morgan fingerprint density at radius 1 is 1.06 bits per heavy atom. The second-order valence-electron chi connectivity index (χ2n) is 7.20. The van der Waals surface area contributed by atoms with E-state index in [4.69, 9.17) is 31.5 Å². The largest absolute Gasteiger partial charge is 0.508 e. The van der Waals surface area contributed by atoms with Crippen LogP contribution in [0, 0.1) is 11.3 Å². The molecule has 6 nitrogen and oxygen atoms in total. The third-order valence-electron chi connectivity index (χ3n) is 5.11. The maximum absolute atomic E-state index is 9.83. The molecule has 32 heavy (non-hydrogen) atoms. The van der Waals surface area contributed by atoms with E-state index in [1.807, 2.05) is 49.4 Å². The van der Waals surface area contributed by atoms with Crippen LogP contribution in [-0.4, -0.2) is 11.7 Å². The number of nitriles is 1. The Hall–Kier alpha value is -3.82. The van der Waals surface area contributed by atoms with Gasteiger partial charge < -0.3 is 25.1 Å². The molecular weight excluding hydrogens is 428 g/mol. The van der Waals surface area contributed by atoms with Crippen molar-refractivity contribution in [2.45, 2.75) is 19.4 Å². The second kappa shape index (κ2) is 9.13. The first kappa shape index (κ1) is 21.4. The van der Waals surface area contributed by atoms with Crippen LogP contribution in [0.4, 0.5) is 0 Å². The van der Waals surface area contributed by atoms with Crippen LogP contribution in [0.3, 0.4) is 0 Å². The number of phenols is 1. The van der Waals surface area contributed by atoms with Crippen LogP contribution < -0.4 is 19.9 Å². The van der Waals surface area contributed by atoms with E-state index in [9.17, 15) is 10.4 Å². The van der Waals surface area contributed by atoms with Crippen LogP contribution >= 0.6 is 11.6 Å². The first-order chi connectivity index (χ1) is 15.5. The van der Waals surface area contributed by atoms with Crippen LogP contribution in [0.1, 0.15) is 29.5 Å². The minimum absolute atomic E-state index is 0.0108. The Morgan fingerprint density at radius 2 is 1.84 bits per heavy atom. The third kappa shape index (κ3) is 4.29. The van der Waals surface area contributed by atoms with Crippen molar-refractivity contribution in [3.63, 3.8) is 0 Å². The summed E-state index contributed by atoms with van der Waals surface area (Å²) in [6.45, 7) is 2.69. The van der Waals surface area contributed by atoms with Gasteiger partial charge in [0.25, 0.3) is 0 Å². The lowest BCUT2D eigenvalue weighted by Crippen LogP contribution is -2.21. The van der Waals surface area contributed by atoms with Gasteiger partial charge in [-0.2, -0.15) is 5.26 Å². The Bertz CT molecular complexity index is 1220. The first-order valence-electron chi connectivity index (χ1n) is 10.0. The van der Waals surface area contributed by atoms with E-state index >= 15 is 0 Å².